The lowest BCUT2D eigenvalue weighted by Crippen LogP contribution is -1.93. The van der Waals surface area contributed by atoms with Crippen molar-refractivity contribution >= 4 is 27.2 Å². The topological polar surface area (TPSA) is 26.0 Å². The molecule has 0 saturated carbocycles. The molecule has 0 atom stereocenters. The van der Waals surface area contributed by atoms with Gasteiger partial charge < -0.3 is 5.73 Å². The summed E-state index contributed by atoms with van der Waals surface area (Å²) in [5.74, 6) is 0. The lowest BCUT2D eigenvalue weighted by atomic mass is 9.96. The van der Waals surface area contributed by atoms with Crippen LogP contribution in [0.25, 0.3) is 21.5 Å². The van der Waals surface area contributed by atoms with Crippen molar-refractivity contribution in [3.8, 4) is 0 Å². The van der Waals surface area contributed by atoms with Crippen LogP contribution >= 0.6 is 0 Å². The molecule has 3 aromatic rings. The van der Waals surface area contributed by atoms with Crippen LogP contribution < -0.4 is 5.73 Å². The van der Waals surface area contributed by atoms with Gasteiger partial charge in [0.25, 0.3) is 0 Å². The zero-order chi connectivity index (χ0) is 14.7. The Balaban J connectivity index is 2.03. The summed E-state index contributed by atoms with van der Waals surface area (Å²) in [4.78, 5) is 0. The Morgan fingerprint density at radius 1 is 0.810 bits per heavy atom. The van der Waals surface area contributed by atoms with Gasteiger partial charge in [-0.3, -0.25) is 0 Å². The van der Waals surface area contributed by atoms with Crippen molar-refractivity contribution < 1.29 is 0 Å². The highest BCUT2D eigenvalue weighted by molar-refractivity contribution is 6.00. The summed E-state index contributed by atoms with van der Waals surface area (Å²) in [5, 5.41) is 5.22. The van der Waals surface area contributed by atoms with Crippen LogP contribution in [0.1, 0.15) is 38.2 Å². The maximum atomic E-state index is 6.10. The van der Waals surface area contributed by atoms with Crippen LogP contribution in [0.4, 0.5) is 5.69 Å². The summed E-state index contributed by atoms with van der Waals surface area (Å²) in [6.45, 7) is 2.25. The van der Waals surface area contributed by atoms with Crippen molar-refractivity contribution in [3.05, 3.63) is 54.1 Å². The maximum absolute atomic E-state index is 6.10. The van der Waals surface area contributed by atoms with Gasteiger partial charge in [0.15, 0.2) is 0 Å². The molecular weight excluding hydrogens is 254 g/mol. The number of hydrogen-bond donors (Lipinski definition) is 1. The molecule has 0 radical (unpaired) electrons. The van der Waals surface area contributed by atoms with E-state index in [0.717, 1.165) is 12.1 Å². The van der Waals surface area contributed by atoms with Gasteiger partial charge in [0.1, 0.15) is 0 Å². The highest BCUT2D eigenvalue weighted by atomic mass is 14.5. The third-order valence-electron chi connectivity index (χ3n) is 4.23. The summed E-state index contributed by atoms with van der Waals surface area (Å²) in [6, 6.07) is 17.4. The maximum Gasteiger partial charge on any atom is 0.0323 e. The first-order valence-electron chi connectivity index (χ1n) is 7.99. The van der Waals surface area contributed by atoms with Gasteiger partial charge in [-0.05, 0) is 64.2 Å². The van der Waals surface area contributed by atoms with Crippen LogP contribution in [0.5, 0.6) is 0 Å². The van der Waals surface area contributed by atoms with Crippen molar-refractivity contribution in [2.24, 2.45) is 0 Å². The second kappa shape index (κ2) is 6.17. The standard InChI is InChI=1S/C20H23N/c1-2-3-4-5-10-17-12-19(21)13-18-11-15-8-6-7-9-16(15)14-20(17)18/h6-9,11-14H,2-5,10,21H2,1H3. The van der Waals surface area contributed by atoms with Gasteiger partial charge in [0.05, 0.1) is 0 Å². The van der Waals surface area contributed by atoms with Crippen LogP contribution in [0.2, 0.25) is 0 Å². The first-order valence-corrected chi connectivity index (χ1v) is 7.99. The summed E-state index contributed by atoms with van der Waals surface area (Å²) >= 11 is 0. The van der Waals surface area contributed by atoms with Crippen LogP contribution in [0, 0.1) is 0 Å². The molecule has 108 valence electrons. The Morgan fingerprint density at radius 2 is 1.57 bits per heavy atom. The fourth-order valence-electron chi connectivity index (χ4n) is 3.10. The van der Waals surface area contributed by atoms with Crippen molar-refractivity contribution in [2.45, 2.75) is 39.0 Å². The van der Waals surface area contributed by atoms with Crippen LogP contribution in [0.3, 0.4) is 0 Å². The fourth-order valence-corrected chi connectivity index (χ4v) is 3.10. The van der Waals surface area contributed by atoms with E-state index in [1.54, 1.807) is 0 Å². The fraction of sp³-hybridized carbons (Fsp3) is 0.300. The van der Waals surface area contributed by atoms with E-state index >= 15 is 0 Å². The van der Waals surface area contributed by atoms with E-state index in [4.69, 9.17) is 5.73 Å². The largest absolute Gasteiger partial charge is 0.399 e. The highest BCUT2D eigenvalue weighted by Crippen LogP contribution is 2.28. The summed E-state index contributed by atoms with van der Waals surface area (Å²) in [6.07, 6.45) is 6.28. The molecule has 0 amide bonds. The number of unbranched alkanes of at least 4 members (excludes halogenated alkanes) is 3. The number of nitrogen functional groups attached to an aromatic ring is 1. The van der Waals surface area contributed by atoms with Gasteiger partial charge in [0.2, 0.25) is 0 Å². The van der Waals surface area contributed by atoms with E-state index in [9.17, 15) is 0 Å². The lowest BCUT2D eigenvalue weighted by molar-refractivity contribution is 0.668. The molecule has 0 aliphatic rings. The molecule has 1 heteroatoms. The number of nitrogens with two attached hydrogens (primary N) is 1. The average Bonchev–Trinajstić information content (AvgIpc) is 2.49. The summed E-state index contributed by atoms with van der Waals surface area (Å²) in [5.41, 5.74) is 8.37. The Hall–Kier alpha value is -2.02. The van der Waals surface area contributed by atoms with Gasteiger partial charge in [0, 0.05) is 5.69 Å². The number of anilines is 1. The molecule has 0 bridgehead atoms. The van der Waals surface area contributed by atoms with E-state index < -0.39 is 0 Å². The molecule has 2 N–H and O–H groups in total. The third-order valence-corrected chi connectivity index (χ3v) is 4.23. The van der Waals surface area contributed by atoms with Gasteiger partial charge >= 0.3 is 0 Å². The Kier molecular flexibility index (Phi) is 4.10. The second-order valence-electron chi connectivity index (χ2n) is 5.91. The van der Waals surface area contributed by atoms with Crippen molar-refractivity contribution in [1.29, 1.82) is 0 Å². The van der Waals surface area contributed by atoms with Crippen molar-refractivity contribution in [1.82, 2.24) is 0 Å². The molecule has 0 aliphatic heterocycles. The second-order valence-corrected chi connectivity index (χ2v) is 5.91. The minimum absolute atomic E-state index is 0.878. The number of hydrogen-bond acceptors (Lipinski definition) is 1. The molecule has 0 unspecified atom stereocenters. The van der Waals surface area contributed by atoms with E-state index in [1.807, 2.05) is 0 Å². The molecule has 0 aromatic heterocycles. The van der Waals surface area contributed by atoms with Gasteiger partial charge in [-0.25, -0.2) is 0 Å². The van der Waals surface area contributed by atoms with Crippen molar-refractivity contribution in [2.75, 3.05) is 5.73 Å². The van der Waals surface area contributed by atoms with Gasteiger partial charge in [-0.1, -0.05) is 50.5 Å². The number of benzene rings is 3. The Bertz CT molecular complexity index is 758. The van der Waals surface area contributed by atoms with Crippen LogP contribution in [-0.4, -0.2) is 0 Å². The molecular formula is C20H23N. The summed E-state index contributed by atoms with van der Waals surface area (Å²) < 4.78 is 0. The number of fused-ring (bicyclic) bond motifs is 2. The number of aryl methyl sites for hydroxylation is 1. The molecule has 3 aromatic carbocycles. The molecule has 0 aliphatic carbocycles. The van der Waals surface area contributed by atoms with Crippen LogP contribution in [0.15, 0.2) is 48.5 Å². The first-order chi connectivity index (χ1) is 10.3. The monoisotopic (exact) mass is 277 g/mol. The zero-order valence-corrected chi connectivity index (χ0v) is 12.7. The molecule has 0 heterocycles. The summed E-state index contributed by atoms with van der Waals surface area (Å²) in [7, 11) is 0. The third kappa shape index (κ3) is 3.02. The Morgan fingerprint density at radius 3 is 2.33 bits per heavy atom. The van der Waals surface area contributed by atoms with E-state index in [1.165, 1.54) is 52.8 Å². The lowest BCUT2D eigenvalue weighted by Gasteiger charge is -2.10. The zero-order valence-electron chi connectivity index (χ0n) is 12.7. The van der Waals surface area contributed by atoms with Crippen molar-refractivity contribution in [3.63, 3.8) is 0 Å². The minimum atomic E-state index is 0.878. The highest BCUT2D eigenvalue weighted by Gasteiger charge is 2.05. The SMILES string of the molecule is CCCCCCc1cc(N)cc2cc3ccccc3cc12. The average molecular weight is 277 g/mol. The Labute approximate surface area is 126 Å². The molecule has 3 rings (SSSR count). The molecule has 0 spiro atoms. The predicted molar refractivity (Wildman–Crippen MR) is 93.7 cm³/mol. The van der Waals surface area contributed by atoms with E-state index in [2.05, 4.69) is 55.5 Å². The first kappa shape index (κ1) is 13.9. The number of rotatable bonds is 5. The van der Waals surface area contributed by atoms with Gasteiger partial charge in [-0.15, -0.1) is 0 Å². The van der Waals surface area contributed by atoms with Crippen LogP contribution in [-0.2, 0) is 6.42 Å². The van der Waals surface area contributed by atoms with E-state index in [0.29, 0.717) is 0 Å². The quantitative estimate of drug-likeness (QED) is 0.361. The molecule has 1 nitrogen and oxygen atoms in total. The van der Waals surface area contributed by atoms with E-state index in [-0.39, 0.29) is 0 Å². The normalized spacial score (nSPS) is 11.3. The van der Waals surface area contributed by atoms with Gasteiger partial charge in [-0.2, -0.15) is 0 Å². The molecule has 21 heavy (non-hydrogen) atoms. The molecule has 0 fully saturated rings. The smallest absolute Gasteiger partial charge is 0.0323 e. The molecule has 0 saturated heterocycles. The minimum Gasteiger partial charge on any atom is -0.399 e. The predicted octanol–water partition coefficient (Wildman–Crippen LogP) is 5.70.